The Morgan fingerprint density at radius 1 is 1.17 bits per heavy atom. The maximum Gasteiger partial charge on any atom is 0.124 e. The van der Waals surface area contributed by atoms with Crippen LogP contribution in [-0.2, 0) is 24.4 Å². The summed E-state index contributed by atoms with van der Waals surface area (Å²) in [4.78, 5) is 9.60. The van der Waals surface area contributed by atoms with E-state index in [1.165, 1.54) is 5.56 Å². The lowest BCUT2D eigenvalue weighted by molar-refractivity contribution is 0.0491. The van der Waals surface area contributed by atoms with Crippen LogP contribution in [0.25, 0.3) is 0 Å². The number of pyridine rings is 1. The number of hydrogen-bond donors (Lipinski definition) is 1. The van der Waals surface area contributed by atoms with E-state index >= 15 is 0 Å². The lowest BCUT2D eigenvalue weighted by Gasteiger charge is -2.41. The van der Waals surface area contributed by atoms with Crippen LogP contribution in [-0.4, -0.2) is 65.9 Å². The van der Waals surface area contributed by atoms with E-state index in [0.717, 1.165) is 61.8 Å². The van der Waals surface area contributed by atoms with Gasteiger partial charge in [0.05, 0.1) is 19.4 Å². The van der Waals surface area contributed by atoms with Crippen molar-refractivity contribution in [3.63, 3.8) is 0 Å². The first kappa shape index (κ1) is 22.7. The average Bonchev–Trinajstić information content (AvgIpc) is 2.74. The average molecular weight is 414 g/mol. The van der Waals surface area contributed by atoms with Gasteiger partial charge in [-0.2, -0.15) is 0 Å². The van der Waals surface area contributed by atoms with E-state index in [2.05, 4.69) is 39.0 Å². The van der Waals surface area contributed by atoms with Crippen LogP contribution in [0.4, 0.5) is 0 Å². The maximum absolute atomic E-state index is 9.61. The molecule has 1 aromatic carbocycles. The number of ether oxygens (including phenoxy) is 2. The van der Waals surface area contributed by atoms with Crippen molar-refractivity contribution in [2.45, 2.75) is 46.0 Å². The molecule has 1 saturated heterocycles. The number of nitrogens with zero attached hydrogens (tertiary/aromatic N) is 3. The summed E-state index contributed by atoms with van der Waals surface area (Å²) >= 11 is 0. The van der Waals surface area contributed by atoms with Gasteiger partial charge in [0.15, 0.2) is 0 Å². The summed E-state index contributed by atoms with van der Waals surface area (Å²) in [6, 6.07) is 12.9. The highest BCUT2D eigenvalue weighted by Gasteiger charge is 2.27. The van der Waals surface area contributed by atoms with E-state index in [1.54, 1.807) is 7.11 Å². The molecule has 1 aliphatic rings. The van der Waals surface area contributed by atoms with Crippen molar-refractivity contribution in [3.8, 4) is 5.75 Å². The third-order valence-corrected chi connectivity index (χ3v) is 5.67. The van der Waals surface area contributed by atoms with Gasteiger partial charge in [-0.1, -0.05) is 12.1 Å². The Labute approximate surface area is 180 Å². The zero-order valence-electron chi connectivity index (χ0n) is 18.5. The number of aliphatic hydroxyl groups excluding tert-OH is 1. The van der Waals surface area contributed by atoms with Crippen molar-refractivity contribution in [3.05, 3.63) is 58.9 Å². The highest BCUT2D eigenvalue weighted by molar-refractivity contribution is 5.37. The predicted octanol–water partition coefficient (Wildman–Crippen LogP) is 3.00. The summed E-state index contributed by atoms with van der Waals surface area (Å²) in [6.07, 6.45) is 0.778. The molecule has 30 heavy (non-hydrogen) atoms. The first-order chi connectivity index (χ1) is 14.6. The molecule has 2 heterocycles. The van der Waals surface area contributed by atoms with Gasteiger partial charge in [-0.15, -0.1) is 0 Å². The van der Waals surface area contributed by atoms with Crippen LogP contribution in [0.15, 0.2) is 36.4 Å². The highest BCUT2D eigenvalue weighted by atomic mass is 16.5. The number of piperazine rings is 1. The Hall–Kier alpha value is -1.99. The van der Waals surface area contributed by atoms with Crippen LogP contribution >= 0.6 is 0 Å². The predicted molar refractivity (Wildman–Crippen MR) is 118 cm³/mol. The molecule has 0 amide bonds. The zero-order valence-corrected chi connectivity index (χ0v) is 18.5. The van der Waals surface area contributed by atoms with Crippen LogP contribution in [0.1, 0.15) is 35.9 Å². The molecule has 0 saturated carbocycles. The summed E-state index contributed by atoms with van der Waals surface area (Å²) in [5, 5.41) is 9.61. The number of benzene rings is 1. The fourth-order valence-electron chi connectivity index (χ4n) is 4.14. The Bertz CT molecular complexity index is 799. The van der Waals surface area contributed by atoms with Crippen molar-refractivity contribution in [1.82, 2.24) is 14.8 Å². The van der Waals surface area contributed by atoms with E-state index in [-0.39, 0.29) is 6.61 Å². The van der Waals surface area contributed by atoms with E-state index in [0.29, 0.717) is 19.3 Å². The first-order valence-electron chi connectivity index (χ1n) is 10.9. The molecule has 3 rings (SSSR count). The summed E-state index contributed by atoms with van der Waals surface area (Å²) in [6.45, 7) is 10.1. The van der Waals surface area contributed by atoms with Crippen molar-refractivity contribution < 1.29 is 14.6 Å². The molecule has 0 bridgehead atoms. The number of methoxy groups -OCH3 is 1. The molecule has 1 fully saturated rings. The fraction of sp³-hybridized carbons (Fsp3) is 0.542. The Kier molecular flexibility index (Phi) is 8.63. The molecule has 6 heteroatoms. The number of hydrogen-bond acceptors (Lipinski definition) is 6. The van der Waals surface area contributed by atoms with Gasteiger partial charge in [0.25, 0.3) is 0 Å². The second kappa shape index (κ2) is 11.4. The molecule has 0 aliphatic carbocycles. The molecule has 0 spiro atoms. The number of aliphatic hydroxyl groups is 1. The third-order valence-electron chi connectivity index (χ3n) is 5.67. The minimum absolute atomic E-state index is 0.206. The van der Waals surface area contributed by atoms with E-state index in [9.17, 15) is 5.11 Å². The van der Waals surface area contributed by atoms with Gasteiger partial charge in [-0.3, -0.25) is 14.8 Å². The summed E-state index contributed by atoms with van der Waals surface area (Å²) < 4.78 is 11.1. The molecular weight excluding hydrogens is 378 g/mol. The molecule has 1 atom stereocenters. The molecule has 1 N–H and O–H groups in total. The Morgan fingerprint density at radius 3 is 2.77 bits per heavy atom. The summed E-state index contributed by atoms with van der Waals surface area (Å²) in [7, 11) is 1.70. The van der Waals surface area contributed by atoms with Gasteiger partial charge >= 0.3 is 0 Å². The minimum atomic E-state index is 0.206. The van der Waals surface area contributed by atoms with E-state index in [1.807, 2.05) is 26.0 Å². The Morgan fingerprint density at radius 2 is 2.03 bits per heavy atom. The van der Waals surface area contributed by atoms with E-state index < -0.39 is 0 Å². The van der Waals surface area contributed by atoms with Crippen LogP contribution in [0.5, 0.6) is 5.75 Å². The lowest BCUT2D eigenvalue weighted by Crippen LogP contribution is -2.52. The van der Waals surface area contributed by atoms with Crippen LogP contribution in [0.3, 0.4) is 0 Å². The quantitative estimate of drug-likeness (QED) is 0.646. The fourth-order valence-corrected chi connectivity index (χ4v) is 4.14. The molecule has 1 aliphatic heterocycles. The molecular formula is C24H35N3O3. The SMILES string of the molecule is CCOCc1cc(CN2CCN(Cc3cccc(C)n3)[C@H](CCO)C2)ccc1OC. The van der Waals surface area contributed by atoms with Gasteiger partial charge in [0, 0.05) is 63.2 Å². The van der Waals surface area contributed by atoms with Crippen LogP contribution in [0, 0.1) is 6.92 Å². The van der Waals surface area contributed by atoms with Gasteiger partial charge in [-0.05, 0) is 50.1 Å². The zero-order chi connectivity index (χ0) is 21.3. The second-order valence-electron chi connectivity index (χ2n) is 7.93. The number of aryl methyl sites for hydroxylation is 1. The molecule has 164 valence electrons. The third kappa shape index (κ3) is 6.25. The van der Waals surface area contributed by atoms with Crippen LogP contribution < -0.4 is 4.74 Å². The monoisotopic (exact) mass is 413 g/mol. The number of rotatable bonds is 10. The molecule has 1 aromatic heterocycles. The largest absolute Gasteiger partial charge is 0.496 e. The summed E-state index contributed by atoms with van der Waals surface area (Å²) in [5.74, 6) is 0.876. The molecule has 0 radical (unpaired) electrons. The maximum atomic E-state index is 9.61. The highest BCUT2D eigenvalue weighted by Crippen LogP contribution is 2.23. The van der Waals surface area contributed by atoms with E-state index in [4.69, 9.17) is 9.47 Å². The van der Waals surface area contributed by atoms with Crippen molar-refractivity contribution in [2.24, 2.45) is 0 Å². The minimum Gasteiger partial charge on any atom is -0.496 e. The van der Waals surface area contributed by atoms with Crippen molar-refractivity contribution in [2.75, 3.05) is 40.0 Å². The molecule has 2 aromatic rings. The molecule has 6 nitrogen and oxygen atoms in total. The lowest BCUT2D eigenvalue weighted by atomic mass is 10.1. The normalized spacial score (nSPS) is 17.9. The topological polar surface area (TPSA) is 58.1 Å². The molecule has 0 unspecified atom stereocenters. The second-order valence-corrected chi connectivity index (χ2v) is 7.93. The first-order valence-corrected chi connectivity index (χ1v) is 10.9. The smallest absolute Gasteiger partial charge is 0.124 e. The Balaban J connectivity index is 1.64. The van der Waals surface area contributed by atoms with Gasteiger partial charge in [0.1, 0.15) is 5.75 Å². The van der Waals surface area contributed by atoms with Gasteiger partial charge in [-0.25, -0.2) is 0 Å². The number of aromatic nitrogens is 1. The van der Waals surface area contributed by atoms with Crippen molar-refractivity contribution >= 4 is 0 Å². The standard InChI is InChI=1S/C24H35N3O3/c1-4-30-18-21-14-20(8-9-24(21)29-3)15-26-11-12-27(23(17-26)10-13-28)16-22-7-5-6-19(2)25-22/h5-9,14,23,28H,4,10-13,15-18H2,1-3H3/t23-/m1/s1. The van der Waals surface area contributed by atoms with Gasteiger partial charge < -0.3 is 14.6 Å². The van der Waals surface area contributed by atoms with Gasteiger partial charge in [0.2, 0.25) is 0 Å². The summed E-state index contributed by atoms with van der Waals surface area (Å²) in [5.41, 5.74) is 4.50. The van der Waals surface area contributed by atoms with Crippen molar-refractivity contribution in [1.29, 1.82) is 0 Å². The van der Waals surface area contributed by atoms with Crippen LogP contribution in [0.2, 0.25) is 0 Å².